The SMILES string of the molecule is COc1c(Cl)cc(S(=O)OC)cc1Cl. The third-order valence-corrected chi connectivity index (χ3v) is 3.00. The zero-order valence-corrected chi connectivity index (χ0v) is 9.87. The number of hydrogen-bond acceptors (Lipinski definition) is 3. The van der Waals surface area contributed by atoms with Crippen molar-refractivity contribution in [3.8, 4) is 5.75 Å². The maximum absolute atomic E-state index is 11.2. The molecule has 0 fully saturated rings. The number of rotatable bonds is 3. The van der Waals surface area contributed by atoms with Gasteiger partial charge in [0, 0.05) is 0 Å². The van der Waals surface area contributed by atoms with Crippen LogP contribution >= 0.6 is 23.2 Å². The number of hydrogen-bond donors (Lipinski definition) is 0. The molecule has 0 bridgehead atoms. The molecule has 78 valence electrons. The maximum Gasteiger partial charge on any atom is 0.188 e. The highest BCUT2D eigenvalue weighted by Crippen LogP contribution is 2.34. The summed E-state index contributed by atoms with van der Waals surface area (Å²) >= 11 is 10.1. The van der Waals surface area contributed by atoms with E-state index in [0.29, 0.717) is 20.7 Å². The van der Waals surface area contributed by atoms with E-state index in [9.17, 15) is 4.21 Å². The molecule has 0 aromatic heterocycles. The molecular weight excluding hydrogens is 247 g/mol. The van der Waals surface area contributed by atoms with Gasteiger partial charge in [0.2, 0.25) is 0 Å². The molecular formula is C8H8Cl2O3S. The van der Waals surface area contributed by atoms with Gasteiger partial charge in [-0.05, 0) is 12.1 Å². The van der Waals surface area contributed by atoms with Gasteiger partial charge in [0.15, 0.2) is 16.8 Å². The molecule has 1 atom stereocenters. The van der Waals surface area contributed by atoms with Gasteiger partial charge in [-0.2, -0.15) is 0 Å². The summed E-state index contributed by atoms with van der Waals surface area (Å²) in [6, 6.07) is 2.98. The molecule has 6 heteroatoms. The van der Waals surface area contributed by atoms with Gasteiger partial charge in [-0.1, -0.05) is 23.2 Å². The minimum atomic E-state index is -1.55. The summed E-state index contributed by atoms with van der Waals surface area (Å²) in [6.07, 6.45) is 0. The van der Waals surface area contributed by atoms with Crippen LogP contribution in [0.15, 0.2) is 17.0 Å². The Morgan fingerprint density at radius 3 is 2.07 bits per heavy atom. The highest BCUT2D eigenvalue weighted by atomic mass is 35.5. The summed E-state index contributed by atoms with van der Waals surface area (Å²) in [5.41, 5.74) is 0. The number of ether oxygens (including phenoxy) is 1. The average Bonchev–Trinajstić information content (AvgIpc) is 2.16. The van der Waals surface area contributed by atoms with Gasteiger partial charge < -0.3 is 4.74 Å². The molecule has 0 spiro atoms. The van der Waals surface area contributed by atoms with Crippen molar-refractivity contribution in [3.63, 3.8) is 0 Å². The second-order valence-electron chi connectivity index (χ2n) is 2.32. The van der Waals surface area contributed by atoms with Crippen molar-refractivity contribution < 1.29 is 13.1 Å². The van der Waals surface area contributed by atoms with Crippen LogP contribution in [-0.4, -0.2) is 18.4 Å². The first-order chi connectivity index (χ1) is 6.60. The Kier molecular flexibility index (Phi) is 4.19. The fourth-order valence-electron chi connectivity index (χ4n) is 0.924. The predicted octanol–water partition coefficient (Wildman–Crippen LogP) is 2.67. The lowest BCUT2D eigenvalue weighted by atomic mass is 10.3. The van der Waals surface area contributed by atoms with E-state index in [1.54, 1.807) is 0 Å². The van der Waals surface area contributed by atoms with Crippen LogP contribution in [0, 0.1) is 0 Å². The van der Waals surface area contributed by atoms with Gasteiger partial charge in [0.1, 0.15) is 0 Å². The summed E-state index contributed by atoms with van der Waals surface area (Å²) in [5.74, 6) is 0.366. The second-order valence-corrected chi connectivity index (χ2v) is 4.41. The second kappa shape index (κ2) is 4.98. The van der Waals surface area contributed by atoms with E-state index >= 15 is 0 Å². The lowest BCUT2D eigenvalue weighted by Crippen LogP contribution is -1.95. The molecule has 0 saturated heterocycles. The van der Waals surface area contributed by atoms with Gasteiger partial charge in [-0.25, -0.2) is 4.21 Å². The first-order valence-electron chi connectivity index (χ1n) is 3.59. The van der Waals surface area contributed by atoms with E-state index in [-0.39, 0.29) is 0 Å². The van der Waals surface area contributed by atoms with Gasteiger partial charge in [-0.15, -0.1) is 0 Å². The Balaban J connectivity index is 3.20. The zero-order chi connectivity index (χ0) is 10.7. The van der Waals surface area contributed by atoms with E-state index < -0.39 is 11.1 Å². The monoisotopic (exact) mass is 254 g/mol. The molecule has 0 aliphatic carbocycles. The molecule has 0 saturated carbocycles. The third-order valence-electron chi connectivity index (χ3n) is 1.52. The van der Waals surface area contributed by atoms with Gasteiger partial charge in [0.25, 0.3) is 0 Å². The van der Waals surface area contributed by atoms with Crippen molar-refractivity contribution in [2.45, 2.75) is 4.90 Å². The quantitative estimate of drug-likeness (QED) is 0.832. The Labute approximate surface area is 94.6 Å². The molecule has 0 N–H and O–H groups in total. The van der Waals surface area contributed by atoms with E-state index in [1.165, 1.54) is 26.4 Å². The highest BCUT2D eigenvalue weighted by molar-refractivity contribution is 7.80. The lowest BCUT2D eigenvalue weighted by Gasteiger charge is -2.07. The van der Waals surface area contributed by atoms with Crippen LogP contribution in [0.3, 0.4) is 0 Å². The standard InChI is InChI=1S/C8H8Cl2O3S/c1-12-8-6(9)3-5(4-7(8)10)14(11)13-2/h3-4H,1-2H3. The molecule has 14 heavy (non-hydrogen) atoms. The minimum absolute atomic E-state index is 0.306. The van der Waals surface area contributed by atoms with Crippen molar-refractivity contribution in [2.75, 3.05) is 14.2 Å². The van der Waals surface area contributed by atoms with Crippen LogP contribution in [-0.2, 0) is 15.3 Å². The number of methoxy groups -OCH3 is 1. The molecule has 0 aliphatic heterocycles. The topological polar surface area (TPSA) is 35.5 Å². The fraction of sp³-hybridized carbons (Fsp3) is 0.250. The molecule has 0 amide bonds. The van der Waals surface area contributed by atoms with E-state index in [1.807, 2.05) is 0 Å². The first kappa shape index (κ1) is 11.8. The van der Waals surface area contributed by atoms with Gasteiger partial charge >= 0.3 is 0 Å². The number of halogens is 2. The number of benzene rings is 1. The summed E-state index contributed by atoms with van der Waals surface area (Å²) in [7, 11) is 2.79. The molecule has 1 unspecified atom stereocenters. The van der Waals surface area contributed by atoms with Crippen LogP contribution in [0.4, 0.5) is 0 Å². The first-order valence-corrected chi connectivity index (χ1v) is 5.42. The normalized spacial score (nSPS) is 12.6. The van der Waals surface area contributed by atoms with Crippen LogP contribution in [0.1, 0.15) is 0 Å². The maximum atomic E-state index is 11.2. The predicted molar refractivity (Wildman–Crippen MR) is 56.4 cm³/mol. The summed E-state index contributed by atoms with van der Waals surface area (Å²) in [5, 5.41) is 0.612. The Morgan fingerprint density at radius 2 is 1.71 bits per heavy atom. The van der Waals surface area contributed by atoms with Crippen molar-refractivity contribution in [1.82, 2.24) is 0 Å². The largest absolute Gasteiger partial charge is 0.494 e. The summed E-state index contributed by atoms with van der Waals surface area (Å²) in [4.78, 5) is 0.406. The van der Waals surface area contributed by atoms with Crippen LogP contribution in [0.2, 0.25) is 10.0 Å². The van der Waals surface area contributed by atoms with E-state index in [2.05, 4.69) is 4.18 Å². The van der Waals surface area contributed by atoms with Crippen LogP contribution in [0.25, 0.3) is 0 Å². The molecule has 0 radical (unpaired) electrons. The average molecular weight is 255 g/mol. The van der Waals surface area contributed by atoms with Crippen molar-refractivity contribution in [1.29, 1.82) is 0 Å². The molecule has 1 aromatic rings. The summed E-state index contributed by atoms with van der Waals surface area (Å²) in [6.45, 7) is 0. The Morgan fingerprint density at radius 1 is 1.21 bits per heavy atom. The van der Waals surface area contributed by atoms with Gasteiger partial charge in [-0.3, -0.25) is 4.18 Å². The van der Waals surface area contributed by atoms with E-state index in [4.69, 9.17) is 27.9 Å². The fourth-order valence-corrected chi connectivity index (χ4v) is 2.32. The van der Waals surface area contributed by atoms with E-state index in [0.717, 1.165) is 0 Å². The van der Waals surface area contributed by atoms with Gasteiger partial charge in [0.05, 0.1) is 29.2 Å². The van der Waals surface area contributed by atoms with Crippen molar-refractivity contribution >= 4 is 34.3 Å². The molecule has 0 heterocycles. The lowest BCUT2D eigenvalue weighted by molar-refractivity contribution is 0.414. The van der Waals surface area contributed by atoms with Crippen molar-refractivity contribution in [3.05, 3.63) is 22.2 Å². The Bertz CT molecular complexity index is 345. The third kappa shape index (κ3) is 2.39. The molecule has 3 nitrogen and oxygen atoms in total. The van der Waals surface area contributed by atoms with Crippen LogP contribution in [0.5, 0.6) is 5.75 Å². The zero-order valence-electron chi connectivity index (χ0n) is 7.54. The molecule has 1 rings (SSSR count). The highest BCUT2D eigenvalue weighted by Gasteiger charge is 2.12. The van der Waals surface area contributed by atoms with Crippen LogP contribution < -0.4 is 4.74 Å². The molecule has 1 aromatic carbocycles. The smallest absolute Gasteiger partial charge is 0.188 e. The summed E-state index contributed by atoms with van der Waals surface area (Å²) < 4.78 is 20.8. The minimum Gasteiger partial charge on any atom is -0.494 e. The van der Waals surface area contributed by atoms with Crippen molar-refractivity contribution in [2.24, 2.45) is 0 Å². The molecule has 0 aliphatic rings. The Hall–Kier alpha value is -0.290.